The second-order valence-corrected chi connectivity index (χ2v) is 7.46. The Bertz CT molecular complexity index is 353. The second kappa shape index (κ2) is 13.9. The molecular formula is C19H36O5S. The third-order valence-corrected chi connectivity index (χ3v) is 5.03. The lowest BCUT2D eigenvalue weighted by Gasteiger charge is -2.24. The van der Waals surface area contributed by atoms with Gasteiger partial charge in [0.25, 0.3) is 0 Å². The van der Waals surface area contributed by atoms with Gasteiger partial charge in [-0.05, 0) is 18.6 Å². The van der Waals surface area contributed by atoms with Crippen molar-refractivity contribution in [2.75, 3.05) is 13.2 Å². The Morgan fingerprint density at radius 1 is 1.08 bits per heavy atom. The summed E-state index contributed by atoms with van der Waals surface area (Å²) >= 11 is 5.25. The first kappa shape index (κ1) is 22.8. The van der Waals surface area contributed by atoms with Gasteiger partial charge in [-0.15, -0.1) is 0 Å². The van der Waals surface area contributed by atoms with Crippen molar-refractivity contribution in [2.45, 2.75) is 102 Å². The van der Waals surface area contributed by atoms with Crippen LogP contribution in [0.25, 0.3) is 0 Å². The van der Waals surface area contributed by atoms with Crippen molar-refractivity contribution in [3.8, 4) is 0 Å². The Labute approximate surface area is 157 Å². The standard InChI is InChI=1S/C19H36O5S/c1-2-3-4-5-6-7-8-9-10-11-12-17(25)24-19-16(22)14-23-18(19)15(21)13-20/h15-16,18-22H,2-14H2,1H3/t15-,16+,18-,19-/m1/s1. The van der Waals surface area contributed by atoms with E-state index in [0.717, 1.165) is 12.8 Å². The molecule has 0 radical (unpaired) electrons. The van der Waals surface area contributed by atoms with Crippen LogP contribution in [0.15, 0.2) is 0 Å². The largest absolute Gasteiger partial charge is 0.478 e. The minimum Gasteiger partial charge on any atom is -0.478 e. The maximum atomic E-state index is 9.90. The molecule has 0 amide bonds. The van der Waals surface area contributed by atoms with Crippen LogP contribution in [0.5, 0.6) is 0 Å². The summed E-state index contributed by atoms with van der Waals surface area (Å²) < 4.78 is 10.9. The summed E-state index contributed by atoms with van der Waals surface area (Å²) in [5, 5.41) is 29.1. The van der Waals surface area contributed by atoms with Crippen molar-refractivity contribution in [3.63, 3.8) is 0 Å². The molecule has 0 unspecified atom stereocenters. The maximum absolute atomic E-state index is 9.90. The van der Waals surface area contributed by atoms with E-state index in [0.29, 0.717) is 11.5 Å². The zero-order valence-corrected chi connectivity index (χ0v) is 16.4. The number of hydrogen-bond acceptors (Lipinski definition) is 6. The molecule has 148 valence electrons. The van der Waals surface area contributed by atoms with E-state index < -0.39 is 31.0 Å². The number of hydrogen-bond donors (Lipinski definition) is 3. The molecule has 5 nitrogen and oxygen atoms in total. The van der Waals surface area contributed by atoms with Crippen LogP contribution in [0.2, 0.25) is 0 Å². The maximum Gasteiger partial charge on any atom is 0.160 e. The van der Waals surface area contributed by atoms with Crippen molar-refractivity contribution in [1.29, 1.82) is 0 Å². The van der Waals surface area contributed by atoms with Crippen LogP contribution in [-0.2, 0) is 9.47 Å². The van der Waals surface area contributed by atoms with Gasteiger partial charge in [0.05, 0.1) is 13.2 Å². The summed E-state index contributed by atoms with van der Waals surface area (Å²) in [6.07, 6.45) is 10.0. The lowest BCUT2D eigenvalue weighted by atomic mass is 10.1. The number of thiocarbonyl (C=S) groups is 1. The Morgan fingerprint density at radius 2 is 1.64 bits per heavy atom. The number of unbranched alkanes of at least 4 members (excludes halogenated alkanes) is 9. The molecule has 0 aromatic rings. The van der Waals surface area contributed by atoms with Gasteiger partial charge in [0, 0.05) is 6.42 Å². The zero-order chi connectivity index (χ0) is 18.5. The highest BCUT2D eigenvalue weighted by Crippen LogP contribution is 2.22. The van der Waals surface area contributed by atoms with Gasteiger partial charge >= 0.3 is 0 Å². The molecule has 3 N–H and O–H groups in total. The number of ether oxygens (including phenoxy) is 2. The first-order valence-electron chi connectivity index (χ1n) is 9.88. The fraction of sp³-hybridized carbons (Fsp3) is 0.947. The molecule has 1 aliphatic heterocycles. The highest BCUT2D eigenvalue weighted by Gasteiger charge is 2.42. The molecule has 1 rings (SSSR count). The van der Waals surface area contributed by atoms with Crippen LogP contribution in [0.1, 0.15) is 77.6 Å². The molecule has 4 atom stereocenters. The van der Waals surface area contributed by atoms with E-state index in [-0.39, 0.29) is 6.61 Å². The Morgan fingerprint density at radius 3 is 2.20 bits per heavy atom. The van der Waals surface area contributed by atoms with Crippen molar-refractivity contribution >= 4 is 17.3 Å². The van der Waals surface area contributed by atoms with Gasteiger partial charge in [0.15, 0.2) is 11.2 Å². The monoisotopic (exact) mass is 376 g/mol. The van der Waals surface area contributed by atoms with Crippen LogP contribution in [0.4, 0.5) is 0 Å². The van der Waals surface area contributed by atoms with Crippen LogP contribution in [0, 0.1) is 0 Å². The van der Waals surface area contributed by atoms with Gasteiger partial charge in [-0.1, -0.05) is 64.7 Å². The molecule has 1 fully saturated rings. The third kappa shape index (κ3) is 9.29. The predicted molar refractivity (Wildman–Crippen MR) is 103 cm³/mol. The smallest absolute Gasteiger partial charge is 0.160 e. The first-order chi connectivity index (χ1) is 12.1. The average Bonchev–Trinajstić information content (AvgIpc) is 2.96. The molecule has 1 saturated heterocycles. The molecule has 0 spiro atoms. The van der Waals surface area contributed by atoms with Crippen molar-refractivity contribution in [1.82, 2.24) is 0 Å². The fourth-order valence-corrected chi connectivity index (χ4v) is 3.42. The minimum absolute atomic E-state index is 0.0905. The van der Waals surface area contributed by atoms with Gasteiger partial charge in [-0.2, -0.15) is 0 Å². The Balaban J connectivity index is 2.06. The van der Waals surface area contributed by atoms with Crippen LogP contribution in [0.3, 0.4) is 0 Å². The normalized spacial score (nSPS) is 24.4. The number of aliphatic hydroxyl groups excluding tert-OH is 3. The molecule has 25 heavy (non-hydrogen) atoms. The summed E-state index contributed by atoms with van der Waals surface area (Å²) in [6, 6.07) is 0. The fourth-order valence-electron chi connectivity index (χ4n) is 3.17. The minimum atomic E-state index is -1.07. The van der Waals surface area contributed by atoms with Gasteiger partial charge in [-0.3, -0.25) is 0 Å². The molecule has 6 heteroatoms. The quantitative estimate of drug-likeness (QED) is 0.319. The highest BCUT2D eigenvalue weighted by molar-refractivity contribution is 7.80. The summed E-state index contributed by atoms with van der Waals surface area (Å²) in [5.41, 5.74) is 0. The Hall–Kier alpha value is -0.270. The molecule has 0 bridgehead atoms. The first-order valence-corrected chi connectivity index (χ1v) is 10.3. The van der Waals surface area contributed by atoms with E-state index in [4.69, 9.17) is 26.8 Å². The van der Waals surface area contributed by atoms with Crippen molar-refractivity contribution in [3.05, 3.63) is 0 Å². The SMILES string of the molecule is CCCCCCCCCCCCC(=S)O[C@H]1[C@@H]([C@H](O)CO)OC[C@@H]1O. The van der Waals surface area contributed by atoms with E-state index in [1.54, 1.807) is 0 Å². The average molecular weight is 377 g/mol. The third-order valence-electron chi connectivity index (χ3n) is 4.73. The molecule has 0 saturated carbocycles. The molecule has 0 aliphatic carbocycles. The van der Waals surface area contributed by atoms with E-state index in [2.05, 4.69) is 6.92 Å². The van der Waals surface area contributed by atoms with E-state index in [1.807, 2.05) is 0 Å². The van der Waals surface area contributed by atoms with Crippen molar-refractivity contribution in [2.24, 2.45) is 0 Å². The van der Waals surface area contributed by atoms with Gasteiger partial charge < -0.3 is 24.8 Å². The van der Waals surface area contributed by atoms with Crippen LogP contribution in [-0.4, -0.2) is 58.0 Å². The zero-order valence-electron chi connectivity index (χ0n) is 15.6. The van der Waals surface area contributed by atoms with E-state index in [9.17, 15) is 10.2 Å². The summed E-state index contributed by atoms with van der Waals surface area (Å²) in [4.78, 5) is 0. The summed E-state index contributed by atoms with van der Waals surface area (Å²) in [7, 11) is 0. The molecule has 1 aliphatic rings. The topological polar surface area (TPSA) is 79.2 Å². The van der Waals surface area contributed by atoms with Gasteiger partial charge in [-0.25, -0.2) is 0 Å². The van der Waals surface area contributed by atoms with Gasteiger partial charge in [0.1, 0.15) is 18.3 Å². The van der Waals surface area contributed by atoms with Crippen LogP contribution >= 0.6 is 12.2 Å². The molecule has 1 heterocycles. The summed E-state index contributed by atoms with van der Waals surface area (Å²) in [6.45, 7) is 1.90. The lowest BCUT2D eigenvalue weighted by molar-refractivity contribution is -0.0642. The lowest BCUT2D eigenvalue weighted by Crippen LogP contribution is -2.43. The molecular weight excluding hydrogens is 340 g/mol. The second-order valence-electron chi connectivity index (χ2n) is 7.00. The number of rotatable bonds is 14. The van der Waals surface area contributed by atoms with Crippen molar-refractivity contribution < 1.29 is 24.8 Å². The van der Waals surface area contributed by atoms with Gasteiger partial charge in [0.2, 0.25) is 0 Å². The van der Waals surface area contributed by atoms with E-state index in [1.165, 1.54) is 51.4 Å². The van der Waals surface area contributed by atoms with E-state index >= 15 is 0 Å². The number of aliphatic hydroxyl groups is 3. The molecule has 0 aromatic heterocycles. The van der Waals surface area contributed by atoms with Crippen LogP contribution < -0.4 is 0 Å². The highest BCUT2D eigenvalue weighted by atomic mass is 32.1. The predicted octanol–water partition coefficient (Wildman–Crippen LogP) is 3.12. The Kier molecular flexibility index (Phi) is 12.6. The summed E-state index contributed by atoms with van der Waals surface area (Å²) in [5.74, 6) is 0. The molecule has 0 aromatic carbocycles.